The number of rotatable bonds is 5. The van der Waals surface area contributed by atoms with Crippen molar-refractivity contribution in [2.24, 2.45) is 7.05 Å². The lowest BCUT2D eigenvalue weighted by Crippen LogP contribution is -2.48. The first kappa shape index (κ1) is 19.1. The first-order chi connectivity index (χ1) is 8.57. The van der Waals surface area contributed by atoms with Crippen molar-refractivity contribution >= 4 is 0 Å². The van der Waals surface area contributed by atoms with Crippen molar-refractivity contribution in [3.05, 3.63) is 18.2 Å². The number of ether oxygens (including phenoxy) is 1. The van der Waals surface area contributed by atoms with E-state index in [-0.39, 0.29) is 24.6 Å². The van der Waals surface area contributed by atoms with Crippen molar-refractivity contribution in [3.8, 4) is 0 Å². The fraction of sp³-hybridized carbons (Fsp3) is 0.812. The summed E-state index contributed by atoms with van der Waals surface area (Å²) < 4.78 is 8.00. The van der Waals surface area contributed by atoms with E-state index in [4.69, 9.17) is 4.74 Å². The van der Waals surface area contributed by atoms with Crippen LogP contribution in [0.1, 0.15) is 54.7 Å². The van der Waals surface area contributed by atoms with Crippen LogP contribution in [0.5, 0.6) is 0 Å². The smallest absolute Gasteiger partial charge is 0.0945 e. The monoisotopic (exact) mass is 283 g/mol. The van der Waals surface area contributed by atoms with Gasteiger partial charge in [0.1, 0.15) is 0 Å². The summed E-state index contributed by atoms with van der Waals surface area (Å²) in [7, 11) is 2.03. The Morgan fingerprint density at radius 3 is 2.25 bits per heavy atom. The van der Waals surface area contributed by atoms with Gasteiger partial charge >= 0.3 is 0 Å². The molecule has 0 radical (unpaired) electrons. The average molecular weight is 283 g/mol. The Morgan fingerprint density at radius 1 is 1.25 bits per heavy atom. The highest BCUT2D eigenvalue weighted by atomic mass is 16.5. The molecule has 0 fully saturated rings. The summed E-state index contributed by atoms with van der Waals surface area (Å²) in [4.78, 5) is 4.17. The summed E-state index contributed by atoms with van der Waals surface area (Å²) in [5.41, 5.74) is 1.19. The predicted octanol–water partition coefficient (Wildman–Crippen LogP) is 3.17. The summed E-state index contributed by atoms with van der Waals surface area (Å²) in [5, 5.41) is 3.63. The van der Waals surface area contributed by atoms with Gasteiger partial charge in [-0.1, -0.05) is 7.43 Å². The molecule has 0 aliphatic carbocycles. The Kier molecular flexibility index (Phi) is 6.91. The Bertz CT molecular complexity index is 385. The minimum Gasteiger partial charge on any atom is -0.374 e. The Hall–Kier alpha value is -0.870. The van der Waals surface area contributed by atoms with Crippen molar-refractivity contribution in [3.63, 3.8) is 0 Å². The quantitative estimate of drug-likeness (QED) is 0.902. The van der Waals surface area contributed by atoms with Crippen LogP contribution in [0.4, 0.5) is 0 Å². The molecule has 0 saturated carbocycles. The van der Waals surface area contributed by atoms with E-state index < -0.39 is 0 Å². The summed E-state index contributed by atoms with van der Waals surface area (Å²) in [5.74, 6) is 0. The van der Waals surface area contributed by atoms with Crippen LogP contribution in [0.2, 0.25) is 0 Å². The zero-order valence-corrected chi connectivity index (χ0v) is 13.4. The van der Waals surface area contributed by atoms with E-state index in [2.05, 4.69) is 56.4 Å². The average Bonchev–Trinajstić information content (AvgIpc) is 2.58. The van der Waals surface area contributed by atoms with Gasteiger partial charge in [0.2, 0.25) is 0 Å². The first-order valence-electron chi connectivity index (χ1n) is 6.94. The predicted molar refractivity (Wildman–Crippen MR) is 86.0 cm³/mol. The molecule has 1 atom stereocenters. The van der Waals surface area contributed by atoms with Crippen molar-refractivity contribution in [2.75, 3.05) is 6.61 Å². The second kappa shape index (κ2) is 7.23. The molecule has 0 amide bonds. The highest BCUT2D eigenvalue weighted by Crippen LogP contribution is 2.12. The van der Waals surface area contributed by atoms with Crippen molar-refractivity contribution < 1.29 is 4.74 Å². The Labute approximate surface area is 124 Å². The minimum atomic E-state index is -0.107. The lowest BCUT2D eigenvalue weighted by atomic mass is 10.0. The van der Waals surface area contributed by atoms with Crippen LogP contribution in [0.3, 0.4) is 0 Å². The van der Waals surface area contributed by atoms with Gasteiger partial charge in [-0.15, -0.1) is 0 Å². The van der Waals surface area contributed by atoms with Gasteiger partial charge in [-0.3, -0.25) is 0 Å². The van der Waals surface area contributed by atoms with E-state index in [9.17, 15) is 0 Å². The fourth-order valence-electron chi connectivity index (χ4n) is 1.95. The van der Waals surface area contributed by atoms with Crippen LogP contribution in [0.25, 0.3) is 0 Å². The van der Waals surface area contributed by atoms with Gasteiger partial charge in [-0.25, -0.2) is 4.98 Å². The molecule has 0 bridgehead atoms. The van der Waals surface area contributed by atoms with E-state index in [0.29, 0.717) is 6.61 Å². The zero-order valence-electron chi connectivity index (χ0n) is 13.4. The van der Waals surface area contributed by atoms with Crippen molar-refractivity contribution in [1.29, 1.82) is 0 Å². The molecule has 0 aliphatic rings. The maximum absolute atomic E-state index is 5.93. The summed E-state index contributed by atoms with van der Waals surface area (Å²) in [6.45, 7) is 13.5. The van der Waals surface area contributed by atoms with E-state index in [1.165, 1.54) is 5.69 Å². The molecule has 1 aromatic rings. The second-order valence-corrected chi connectivity index (χ2v) is 7.21. The van der Waals surface area contributed by atoms with Crippen LogP contribution < -0.4 is 5.32 Å². The maximum Gasteiger partial charge on any atom is 0.0945 e. The van der Waals surface area contributed by atoms with Crippen LogP contribution in [0.15, 0.2) is 12.5 Å². The third-order valence-electron chi connectivity index (χ3n) is 2.73. The van der Waals surface area contributed by atoms with Gasteiger partial charge < -0.3 is 14.6 Å². The molecule has 4 heteroatoms. The van der Waals surface area contributed by atoms with E-state index in [1.807, 2.05) is 19.6 Å². The molecule has 0 aromatic carbocycles. The minimum absolute atomic E-state index is 0. The molecule has 118 valence electrons. The summed E-state index contributed by atoms with van der Waals surface area (Å²) >= 11 is 0. The summed E-state index contributed by atoms with van der Waals surface area (Å²) in [6.07, 6.45) is 4.69. The van der Waals surface area contributed by atoms with Gasteiger partial charge in [0.05, 0.1) is 18.5 Å². The number of aryl methyl sites for hydroxylation is 1. The fourth-order valence-corrected chi connectivity index (χ4v) is 1.95. The molecule has 1 unspecified atom stereocenters. The van der Waals surface area contributed by atoms with Crippen molar-refractivity contribution in [2.45, 2.75) is 72.6 Å². The van der Waals surface area contributed by atoms with Gasteiger partial charge in [0.15, 0.2) is 0 Å². The van der Waals surface area contributed by atoms with Gasteiger partial charge in [-0.2, -0.15) is 0 Å². The highest BCUT2D eigenvalue weighted by Gasteiger charge is 2.21. The molecule has 20 heavy (non-hydrogen) atoms. The number of hydrogen-bond donors (Lipinski definition) is 1. The molecule has 1 N–H and O–H groups in total. The molecule has 0 saturated heterocycles. The molecular formula is C16H33N3O. The standard InChI is InChI=1S/C15H29N3O.CH4/c1-14(2,3)17-12(10-19-15(4,5)6)8-13-9-16-11-18(13)7;/h9,11-12,17H,8,10H2,1-7H3;1H4. The lowest BCUT2D eigenvalue weighted by molar-refractivity contribution is -0.0174. The second-order valence-electron chi connectivity index (χ2n) is 7.21. The highest BCUT2D eigenvalue weighted by molar-refractivity contribution is 5.01. The lowest BCUT2D eigenvalue weighted by Gasteiger charge is -2.31. The molecule has 1 heterocycles. The first-order valence-corrected chi connectivity index (χ1v) is 6.94. The number of imidazole rings is 1. The van der Waals surface area contributed by atoms with E-state index in [0.717, 1.165) is 6.42 Å². The number of nitrogens with one attached hydrogen (secondary N) is 1. The topological polar surface area (TPSA) is 39.1 Å². The van der Waals surface area contributed by atoms with E-state index in [1.54, 1.807) is 0 Å². The molecule has 0 aliphatic heterocycles. The number of nitrogens with zero attached hydrogens (tertiary/aromatic N) is 2. The van der Waals surface area contributed by atoms with Gasteiger partial charge in [0, 0.05) is 36.9 Å². The summed E-state index contributed by atoms with van der Waals surface area (Å²) in [6, 6.07) is 0.287. The van der Waals surface area contributed by atoms with Gasteiger partial charge in [0.25, 0.3) is 0 Å². The van der Waals surface area contributed by atoms with Crippen molar-refractivity contribution in [1.82, 2.24) is 14.9 Å². The SMILES string of the molecule is C.Cn1cncc1CC(COC(C)(C)C)NC(C)(C)C. The molecular weight excluding hydrogens is 250 g/mol. The third kappa shape index (κ3) is 7.65. The van der Waals surface area contributed by atoms with Crippen LogP contribution in [-0.2, 0) is 18.2 Å². The normalized spacial score (nSPS) is 13.9. The molecule has 0 spiro atoms. The molecule has 1 aromatic heterocycles. The molecule has 4 nitrogen and oxygen atoms in total. The largest absolute Gasteiger partial charge is 0.374 e. The van der Waals surface area contributed by atoms with Crippen LogP contribution in [-0.4, -0.2) is 33.3 Å². The number of aromatic nitrogens is 2. The van der Waals surface area contributed by atoms with E-state index >= 15 is 0 Å². The van der Waals surface area contributed by atoms with Crippen LogP contribution in [0, 0.1) is 0 Å². The van der Waals surface area contributed by atoms with Gasteiger partial charge in [-0.05, 0) is 41.5 Å². The maximum atomic E-state index is 5.93. The Balaban J connectivity index is 0.00000361. The third-order valence-corrected chi connectivity index (χ3v) is 2.73. The zero-order chi connectivity index (χ0) is 14.7. The molecule has 1 rings (SSSR count). The van der Waals surface area contributed by atoms with Crippen LogP contribution >= 0.6 is 0 Å². The Morgan fingerprint density at radius 2 is 1.85 bits per heavy atom. The number of hydrogen-bond acceptors (Lipinski definition) is 3.